The van der Waals surface area contributed by atoms with Crippen molar-refractivity contribution >= 4 is 50.5 Å². The molecule has 0 aliphatic carbocycles. The summed E-state index contributed by atoms with van der Waals surface area (Å²) >= 11 is 6.11. The van der Waals surface area contributed by atoms with E-state index in [1.807, 2.05) is 32.0 Å². The number of para-hydroxylation sites is 2. The molecule has 2 unspecified atom stereocenters. The Balaban J connectivity index is 0.000000153. The molecular weight excluding hydrogens is 806 g/mol. The summed E-state index contributed by atoms with van der Waals surface area (Å²) in [4.78, 5) is 23.4. The van der Waals surface area contributed by atoms with Crippen molar-refractivity contribution in [3.05, 3.63) is 161 Å². The zero-order chi connectivity index (χ0) is 42.6. The van der Waals surface area contributed by atoms with E-state index in [0.717, 1.165) is 34.3 Å². The van der Waals surface area contributed by atoms with Crippen LogP contribution in [-0.2, 0) is 0 Å². The van der Waals surface area contributed by atoms with E-state index in [9.17, 15) is 8.78 Å². The van der Waals surface area contributed by atoms with E-state index in [-0.39, 0.29) is 19.2 Å². The maximum absolute atomic E-state index is 13.7. The summed E-state index contributed by atoms with van der Waals surface area (Å²) in [6, 6.07) is 22.9. The van der Waals surface area contributed by atoms with Crippen LogP contribution >= 0.6 is 11.6 Å². The quantitative estimate of drug-likeness (QED) is 0.110. The number of nitrogens with zero attached hydrogens (tertiary/aromatic N) is 8. The van der Waals surface area contributed by atoms with Crippen molar-refractivity contribution in [2.24, 2.45) is 5.73 Å². The van der Waals surface area contributed by atoms with E-state index in [2.05, 4.69) is 108 Å². The molecule has 0 saturated heterocycles. The molecule has 15 heteroatoms. The maximum Gasteiger partial charge on any atom is 0.160 e. The number of nitrogens with two attached hydrogens (primary N) is 1. The highest BCUT2D eigenvalue weighted by Gasteiger charge is 2.16. The number of aromatic amines is 2. The van der Waals surface area contributed by atoms with Crippen LogP contribution in [0.3, 0.4) is 0 Å². The van der Waals surface area contributed by atoms with Crippen molar-refractivity contribution in [3.8, 4) is 22.5 Å². The Kier molecular flexibility index (Phi) is 13.0. The van der Waals surface area contributed by atoms with Crippen molar-refractivity contribution in [1.82, 2.24) is 49.1 Å². The molecule has 0 radical (unpaired) electrons. The normalized spacial score (nSPS) is 12.1. The average molecular weight is 853 g/mol. The monoisotopic (exact) mass is 852 g/mol. The van der Waals surface area contributed by atoms with Gasteiger partial charge in [-0.15, -0.1) is 0 Å². The van der Waals surface area contributed by atoms with Crippen molar-refractivity contribution in [3.63, 3.8) is 0 Å². The van der Waals surface area contributed by atoms with Gasteiger partial charge in [-0.1, -0.05) is 69.3 Å². The van der Waals surface area contributed by atoms with Crippen molar-refractivity contribution in [2.75, 3.05) is 18.4 Å². The third-order valence-electron chi connectivity index (χ3n) is 10.5. The number of aryl methyl sites for hydroxylation is 2. The van der Waals surface area contributed by atoms with Crippen LogP contribution in [0, 0.1) is 25.5 Å². The largest absolute Gasteiger partial charge is 0.369 e. The first kappa shape index (κ1) is 43.1. The van der Waals surface area contributed by atoms with Crippen LogP contribution in [-0.4, -0.2) is 62.2 Å². The Morgan fingerprint density at radius 1 is 0.677 bits per heavy atom. The molecule has 0 fully saturated rings. The lowest BCUT2D eigenvalue weighted by atomic mass is 10.0. The highest BCUT2D eigenvalue weighted by Crippen LogP contribution is 2.29. The fraction of sp³-hybridized carbons (Fsp3) is 0.191. The molecule has 0 amide bonds. The van der Waals surface area contributed by atoms with Crippen molar-refractivity contribution < 1.29 is 8.78 Å². The molecule has 316 valence electrons. The second-order valence-electron chi connectivity index (χ2n) is 14.9. The lowest BCUT2D eigenvalue weighted by Gasteiger charge is -2.15. The van der Waals surface area contributed by atoms with Crippen LogP contribution in [0.1, 0.15) is 55.4 Å². The first-order chi connectivity index (χ1) is 29.6. The van der Waals surface area contributed by atoms with Crippen LogP contribution < -0.4 is 11.1 Å². The van der Waals surface area contributed by atoms with E-state index in [0.29, 0.717) is 52.3 Å². The minimum Gasteiger partial charge on any atom is -0.369 e. The van der Waals surface area contributed by atoms with E-state index in [1.54, 1.807) is 35.4 Å². The fourth-order valence-electron chi connectivity index (χ4n) is 7.13. The standard InChI is InChI=1S/C23H21FN6.C12H8ClFN4.C11H14N2.CH4/c1-14(19-13-26-20-6-4-3-5-18(19)20)9-27-22-8-21(16-7-17(24)12-25-11-16)29-23-15(2)10-28-30(22)23;1-7-4-16-18-11(13)3-10(17-12(7)18)8-2-9(14)6-15-5-8;1-8(6-12)10-7-13-11-5-3-2-4-9(10)11;/h3-8,10-14,26-27H,9H2,1-2H3;2-6H,1H3;2-5,7-8,13H,6,12H2,1H3;1H4. The molecular formula is C47H47ClF2N12. The molecule has 2 atom stereocenters. The molecule has 12 nitrogen and oxygen atoms in total. The van der Waals surface area contributed by atoms with Crippen molar-refractivity contribution in [1.29, 1.82) is 0 Å². The Morgan fingerprint density at radius 3 is 1.73 bits per heavy atom. The van der Waals surface area contributed by atoms with Gasteiger partial charge in [0.05, 0.1) is 36.2 Å². The maximum atomic E-state index is 13.7. The van der Waals surface area contributed by atoms with Crippen LogP contribution in [0.5, 0.6) is 0 Å². The van der Waals surface area contributed by atoms with Crippen LogP contribution in [0.4, 0.5) is 14.6 Å². The smallest absolute Gasteiger partial charge is 0.160 e. The van der Waals surface area contributed by atoms with Gasteiger partial charge >= 0.3 is 0 Å². The minimum atomic E-state index is -0.407. The van der Waals surface area contributed by atoms with Crippen molar-refractivity contribution in [2.45, 2.75) is 47.0 Å². The summed E-state index contributed by atoms with van der Waals surface area (Å²) in [5.74, 6) is 0.702. The predicted molar refractivity (Wildman–Crippen MR) is 245 cm³/mol. The zero-order valence-corrected chi connectivity index (χ0v) is 34.7. The number of nitrogens with one attached hydrogen (secondary N) is 3. The van der Waals surface area contributed by atoms with Gasteiger partial charge in [-0.05, 0) is 61.7 Å². The Labute approximate surface area is 362 Å². The topological polar surface area (TPSA) is 156 Å². The second kappa shape index (κ2) is 18.7. The SMILES string of the molecule is C.CC(CN)c1c[nH]c2ccccc12.Cc1cnn2c(Cl)cc(-c3cncc(F)c3)nc12.Cc1cnn2c(NCC(C)c3c[nH]c4ccccc34)cc(-c3cncc(F)c3)nc12. The van der Waals surface area contributed by atoms with Gasteiger partial charge in [0.2, 0.25) is 0 Å². The minimum absolute atomic E-state index is 0. The molecule has 5 N–H and O–H groups in total. The summed E-state index contributed by atoms with van der Waals surface area (Å²) in [7, 11) is 0. The Bertz CT molecular complexity index is 3110. The number of benzene rings is 2. The predicted octanol–water partition coefficient (Wildman–Crippen LogP) is 10.7. The van der Waals surface area contributed by atoms with Gasteiger partial charge in [-0.25, -0.2) is 23.3 Å². The summed E-state index contributed by atoms with van der Waals surface area (Å²) in [6.07, 6.45) is 13.1. The lowest BCUT2D eigenvalue weighted by molar-refractivity contribution is 0.621. The molecule has 0 aliphatic heterocycles. The van der Waals surface area contributed by atoms with E-state index in [1.165, 1.54) is 50.3 Å². The highest BCUT2D eigenvalue weighted by molar-refractivity contribution is 6.30. The van der Waals surface area contributed by atoms with Crippen LogP contribution in [0.2, 0.25) is 5.15 Å². The number of hydrogen-bond donors (Lipinski definition) is 4. The molecule has 0 saturated carbocycles. The zero-order valence-electron chi connectivity index (χ0n) is 33.9. The number of anilines is 1. The first-order valence-electron chi connectivity index (χ1n) is 19.7. The summed E-state index contributed by atoms with van der Waals surface area (Å²) in [6.45, 7) is 9.59. The second-order valence-corrected chi connectivity index (χ2v) is 15.3. The number of halogens is 3. The Morgan fingerprint density at radius 2 is 1.18 bits per heavy atom. The molecule has 10 rings (SSSR count). The first-order valence-corrected chi connectivity index (χ1v) is 20.1. The number of hydrogen-bond acceptors (Lipinski definition) is 8. The molecule has 62 heavy (non-hydrogen) atoms. The number of H-pyrrole nitrogens is 2. The van der Waals surface area contributed by atoms with Crippen LogP contribution in [0.25, 0.3) is 55.6 Å². The highest BCUT2D eigenvalue weighted by atomic mass is 35.5. The van der Waals surface area contributed by atoms with Gasteiger partial charge in [-0.2, -0.15) is 14.7 Å². The van der Waals surface area contributed by atoms with Gasteiger partial charge in [0.25, 0.3) is 0 Å². The number of fused-ring (bicyclic) bond motifs is 4. The average Bonchev–Trinajstić information content (AvgIpc) is 4.09. The van der Waals surface area contributed by atoms with E-state index in [4.69, 9.17) is 17.3 Å². The molecule has 2 aromatic carbocycles. The van der Waals surface area contributed by atoms with Gasteiger partial charge in [0, 0.05) is 93.4 Å². The van der Waals surface area contributed by atoms with Gasteiger partial charge < -0.3 is 21.0 Å². The van der Waals surface area contributed by atoms with E-state index >= 15 is 0 Å². The molecule has 0 spiro atoms. The molecule has 0 aliphatic rings. The van der Waals surface area contributed by atoms with Gasteiger partial charge in [-0.3, -0.25) is 9.97 Å². The lowest BCUT2D eigenvalue weighted by Crippen LogP contribution is -2.13. The summed E-state index contributed by atoms with van der Waals surface area (Å²) in [5.41, 5.74) is 16.2. The molecule has 10 aromatic rings. The third kappa shape index (κ3) is 9.02. The van der Waals surface area contributed by atoms with Gasteiger partial charge in [0.15, 0.2) is 11.3 Å². The molecule has 8 aromatic heterocycles. The van der Waals surface area contributed by atoms with Gasteiger partial charge in [0.1, 0.15) is 22.6 Å². The summed E-state index contributed by atoms with van der Waals surface area (Å²) in [5, 5.41) is 15.0. The number of aromatic nitrogens is 10. The molecule has 0 bridgehead atoms. The fourth-order valence-corrected chi connectivity index (χ4v) is 7.36. The Hall–Kier alpha value is -7.03. The van der Waals surface area contributed by atoms with Crippen LogP contribution in [0.15, 0.2) is 122 Å². The third-order valence-corrected chi connectivity index (χ3v) is 10.8. The number of rotatable bonds is 8. The van der Waals surface area contributed by atoms with E-state index < -0.39 is 5.82 Å². The molecule has 8 heterocycles. The number of pyridine rings is 2. The summed E-state index contributed by atoms with van der Waals surface area (Å²) < 4.78 is 30.2.